The topological polar surface area (TPSA) is 46.2 Å². The van der Waals surface area contributed by atoms with Gasteiger partial charge in [-0.25, -0.2) is 8.42 Å². The zero-order valence-corrected chi connectivity index (χ0v) is 14.0. The molecule has 6 heteroatoms. The van der Waals surface area contributed by atoms with E-state index in [2.05, 4.69) is 5.32 Å². The lowest BCUT2D eigenvalue weighted by Crippen LogP contribution is -2.08. The molecule has 0 saturated carbocycles. The summed E-state index contributed by atoms with van der Waals surface area (Å²) >= 11 is 12.1. The largest absolute Gasteiger partial charge is 0.381 e. The fourth-order valence-corrected chi connectivity index (χ4v) is 3.55. The molecule has 2 aromatic carbocycles. The first-order chi connectivity index (χ1) is 9.79. The predicted octanol–water partition coefficient (Wildman–Crippen LogP) is 4.32. The molecule has 0 bridgehead atoms. The number of aryl methyl sites for hydroxylation is 1. The first kappa shape index (κ1) is 16.1. The molecular weight excluding hydrogens is 329 g/mol. The van der Waals surface area contributed by atoms with Crippen molar-refractivity contribution in [2.45, 2.75) is 18.4 Å². The predicted molar refractivity (Wildman–Crippen MR) is 88.1 cm³/mol. The lowest BCUT2D eigenvalue weighted by atomic mass is 10.1. The summed E-state index contributed by atoms with van der Waals surface area (Å²) in [5, 5.41) is 4.29. The standard InChI is InChI=1S/C15H15Cl2NO2S/c1-10-8-11(16)6-7-14(10)18-9-12-13(17)4-3-5-15(12)21(2,19)20/h3-8,18H,9H2,1-2H3. The van der Waals surface area contributed by atoms with Crippen LogP contribution in [0.2, 0.25) is 10.0 Å². The Labute approximate surface area is 134 Å². The summed E-state index contributed by atoms with van der Waals surface area (Å²) in [5.74, 6) is 0. The van der Waals surface area contributed by atoms with Crippen LogP contribution in [0.3, 0.4) is 0 Å². The summed E-state index contributed by atoms with van der Waals surface area (Å²) in [7, 11) is -3.32. The van der Waals surface area contributed by atoms with Crippen LogP contribution in [-0.4, -0.2) is 14.7 Å². The van der Waals surface area contributed by atoms with Gasteiger partial charge < -0.3 is 5.32 Å². The van der Waals surface area contributed by atoms with E-state index >= 15 is 0 Å². The number of nitrogens with one attached hydrogen (secondary N) is 1. The van der Waals surface area contributed by atoms with Gasteiger partial charge in [0.05, 0.1) is 4.90 Å². The first-order valence-electron chi connectivity index (χ1n) is 6.26. The normalized spacial score (nSPS) is 11.4. The van der Waals surface area contributed by atoms with Gasteiger partial charge >= 0.3 is 0 Å². The molecule has 0 aliphatic carbocycles. The van der Waals surface area contributed by atoms with Crippen molar-refractivity contribution in [1.29, 1.82) is 0 Å². The van der Waals surface area contributed by atoms with E-state index in [4.69, 9.17) is 23.2 Å². The van der Waals surface area contributed by atoms with Gasteiger partial charge in [0.25, 0.3) is 0 Å². The van der Waals surface area contributed by atoms with Gasteiger partial charge in [-0.3, -0.25) is 0 Å². The zero-order chi connectivity index (χ0) is 15.6. The lowest BCUT2D eigenvalue weighted by molar-refractivity contribution is 0.601. The van der Waals surface area contributed by atoms with Crippen molar-refractivity contribution in [2.24, 2.45) is 0 Å². The number of rotatable bonds is 4. The second-order valence-corrected chi connectivity index (χ2v) is 7.63. The van der Waals surface area contributed by atoms with Crippen molar-refractivity contribution in [3.8, 4) is 0 Å². The van der Waals surface area contributed by atoms with E-state index in [1.807, 2.05) is 19.1 Å². The van der Waals surface area contributed by atoms with Crippen LogP contribution in [0.1, 0.15) is 11.1 Å². The molecule has 3 nitrogen and oxygen atoms in total. The smallest absolute Gasteiger partial charge is 0.175 e. The van der Waals surface area contributed by atoms with Crippen LogP contribution < -0.4 is 5.32 Å². The Morgan fingerprint density at radius 3 is 2.48 bits per heavy atom. The SMILES string of the molecule is Cc1cc(Cl)ccc1NCc1c(Cl)cccc1S(C)(=O)=O. The molecule has 21 heavy (non-hydrogen) atoms. The average molecular weight is 344 g/mol. The number of hydrogen-bond donors (Lipinski definition) is 1. The lowest BCUT2D eigenvalue weighted by Gasteiger charge is -2.14. The summed E-state index contributed by atoms with van der Waals surface area (Å²) in [5.41, 5.74) is 2.44. The molecule has 1 N–H and O–H groups in total. The van der Waals surface area contributed by atoms with Crippen LogP contribution in [0.25, 0.3) is 0 Å². The molecule has 0 aromatic heterocycles. The summed E-state index contributed by atoms with van der Waals surface area (Å²) in [6, 6.07) is 10.4. The highest BCUT2D eigenvalue weighted by Crippen LogP contribution is 2.26. The molecule has 2 aromatic rings. The third kappa shape index (κ3) is 3.90. The Morgan fingerprint density at radius 2 is 1.86 bits per heavy atom. The Bertz CT molecular complexity index is 773. The molecule has 2 rings (SSSR count). The van der Waals surface area contributed by atoms with E-state index in [1.165, 1.54) is 6.26 Å². The zero-order valence-electron chi connectivity index (χ0n) is 11.7. The van der Waals surface area contributed by atoms with Crippen molar-refractivity contribution >= 4 is 38.7 Å². The Hall–Kier alpha value is -1.23. The second-order valence-electron chi connectivity index (χ2n) is 4.80. The fraction of sp³-hybridized carbons (Fsp3) is 0.200. The third-order valence-electron chi connectivity index (χ3n) is 3.12. The van der Waals surface area contributed by atoms with Crippen molar-refractivity contribution in [3.05, 3.63) is 57.6 Å². The van der Waals surface area contributed by atoms with Crippen LogP contribution in [0.5, 0.6) is 0 Å². The number of halogens is 2. The maximum Gasteiger partial charge on any atom is 0.175 e. The minimum Gasteiger partial charge on any atom is -0.381 e. The Morgan fingerprint density at radius 1 is 1.14 bits per heavy atom. The molecule has 0 aliphatic rings. The second kappa shape index (κ2) is 6.26. The highest BCUT2D eigenvalue weighted by molar-refractivity contribution is 7.90. The molecule has 0 saturated heterocycles. The third-order valence-corrected chi connectivity index (χ3v) is 4.89. The minimum absolute atomic E-state index is 0.245. The quantitative estimate of drug-likeness (QED) is 0.899. The van der Waals surface area contributed by atoms with Gasteiger partial charge in [-0.05, 0) is 42.8 Å². The number of benzene rings is 2. The molecule has 0 unspecified atom stereocenters. The number of hydrogen-bond acceptors (Lipinski definition) is 3. The van der Waals surface area contributed by atoms with Crippen molar-refractivity contribution in [1.82, 2.24) is 0 Å². The molecule has 0 heterocycles. The number of sulfone groups is 1. The summed E-state index contributed by atoms with van der Waals surface area (Å²) in [6.07, 6.45) is 1.18. The van der Waals surface area contributed by atoms with E-state index in [-0.39, 0.29) is 4.90 Å². The van der Waals surface area contributed by atoms with E-state index in [0.717, 1.165) is 11.3 Å². The van der Waals surface area contributed by atoms with Gasteiger partial charge in [0.1, 0.15) is 0 Å². The van der Waals surface area contributed by atoms with E-state index < -0.39 is 9.84 Å². The Kier molecular flexibility index (Phi) is 4.81. The van der Waals surface area contributed by atoms with Crippen molar-refractivity contribution < 1.29 is 8.42 Å². The van der Waals surface area contributed by atoms with Gasteiger partial charge in [0.2, 0.25) is 0 Å². The van der Waals surface area contributed by atoms with Crippen molar-refractivity contribution in [3.63, 3.8) is 0 Å². The van der Waals surface area contributed by atoms with Gasteiger partial charge in [0, 0.05) is 34.1 Å². The molecular formula is C15H15Cl2NO2S. The summed E-state index contributed by atoms with van der Waals surface area (Å²) in [6.45, 7) is 2.25. The highest BCUT2D eigenvalue weighted by Gasteiger charge is 2.15. The summed E-state index contributed by atoms with van der Waals surface area (Å²) in [4.78, 5) is 0.245. The monoisotopic (exact) mass is 343 g/mol. The molecule has 0 radical (unpaired) electrons. The molecule has 0 aliphatic heterocycles. The molecule has 112 valence electrons. The highest BCUT2D eigenvalue weighted by atomic mass is 35.5. The van der Waals surface area contributed by atoms with Gasteiger partial charge in [-0.1, -0.05) is 29.3 Å². The van der Waals surface area contributed by atoms with E-state index in [0.29, 0.717) is 22.2 Å². The van der Waals surface area contributed by atoms with Crippen LogP contribution in [0, 0.1) is 6.92 Å². The Balaban J connectivity index is 2.32. The molecule has 0 amide bonds. The number of anilines is 1. The van der Waals surface area contributed by atoms with Crippen molar-refractivity contribution in [2.75, 3.05) is 11.6 Å². The fourth-order valence-electron chi connectivity index (χ4n) is 2.07. The molecule has 0 spiro atoms. The van der Waals surface area contributed by atoms with Crippen LogP contribution in [0.4, 0.5) is 5.69 Å². The van der Waals surface area contributed by atoms with Gasteiger partial charge in [-0.15, -0.1) is 0 Å². The molecule has 0 fully saturated rings. The minimum atomic E-state index is -3.32. The average Bonchev–Trinajstić information content (AvgIpc) is 2.37. The van der Waals surface area contributed by atoms with Gasteiger partial charge in [0.15, 0.2) is 9.84 Å². The maximum atomic E-state index is 11.8. The van der Waals surface area contributed by atoms with Crippen LogP contribution in [-0.2, 0) is 16.4 Å². The molecule has 0 atom stereocenters. The summed E-state index contributed by atoms with van der Waals surface area (Å²) < 4.78 is 23.6. The van der Waals surface area contributed by atoms with E-state index in [9.17, 15) is 8.42 Å². The van der Waals surface area contributed by atoms with E-state index in [1.54, 1.807) is 24.3 Å². The first-order valence-corrected chi connectivity index (χ1v) is 8.91. The maximum absolute atomic E-state index is 11.8. The van der Waals surface area contributed by atoms with Crippen LogP contribution >= 0.6 is 23.2 Å². The van der Waals surface area contributed by atoms with Crippen LogP contribution in [0.15, 0.2) is 41.3 Å². The van der Waals surface area contributed by atoms with Gasteiger partial charge in [-0.2, -0.15) is 0 Å².